The number of carbonyl (C=O) groups is 5. The smallest absolute Gasteiger partial charge is 0.327 e. The van der Waals surface area contributed by atoms with Crippen molar-refractivity contribution in [3.05, 3.63) is 407 Å². The molecular formula is C88H61F7N16O12S. The van der Waals surface area contributed by atoms with Gasteiger partial charge in [0.25, 0.3) is 57.3 Å². The molecule has 0 saturated heterocycles. The number of hydrogen-bond donors (Lipinski definition) is 10. The van der Waals surface area contributed by atoms with Crippen LogP contribution in [0.2, 0.25) is 0 Å². The monoisotopic (exact) mass is 1700 g/mol. The number of aromatic nitrogens is 10. The highest BCUT2D eigenvalue weighted by Crippen LogP contribution is 2.34. The molecule has 10 aromatic heterocycles. The molecule has 10 N–H and O–H groups in total. The Labute approximate surface area is 695 Å². The van der Waals surface area contributed by atoms with Crippen LogP contribution in [0, 0.1) is 34.6 Å². The van der Waals surface area contributed by atoms with E-state index in [1.54, 1.807) is 165 Å². The fourth-order valence-corrected chi connectivity index (χ4v) is 11.9. The molecule has 15 rings (SSSR count). The van der Waals surface area contributed by atoms with Crippen molar-refractivity contribution >= 4 is 67.8 Å². The van der Waals surface area contributed by atoms with Crippen LogP contribution in [0.4, 0.5) is 59.2 Å². The largest absolute Gasteiger partial charge is 0.417 e. The van der Waals surface area contributed by atoms with Crippen molar-refractivity contribution in [1.29, 1.82) is 5.26 Å². The van der Waals surface area contributed by atoms with Crippen LogP contribution in [0.5, 0.6) is 0 Å². The first-order valence-electron chi connectivity index (χ1n) is 36.0. The van der Waals surface area contributed by atoms with Gasteiger partial charge in [-0.25, -0.2) is 26.0 Å². The quantitative estimate of drug-likeness (QED) is 0.0402. The number of anilines is 5. The predicted octanol–water partition coefficient (Wildman–Crippen LogP) is 14.3. The van der Waals surface area contributed by atoms with Crippen molar-refractivity contribution in [3.8, 4) is 61.7 Å². The molecule has 0 atom stereocenters. The van der Waals surface area contributed by atoms with Crippen LogP contribution >= 0.6 is 0 Å². The standard InChI is InChI=1S/C18H11F4N3O2.C18H12N4O2.C18H15N3O4S.C17H11F2N3O2.C17H12FN3O2/c19-12-1-2-13(14(8-12)18(20,21)22)16(26)25-15-7-11(9-24-17(15)27)10-3-5-23-6-4-10;19-10-12-2-1-3-14(8-12)17(23)22-16-9-15(11-21-18(16)24)13-4-6-20-7-5-13;1-26(24,25)15-4-2-13(3-5-15)17(22)21-16-10-14(11-20-18(16)23)12-6-8-19-9-7-12;18-13-5-11(6-14(19)8-13)16(23)22-15-7-12(9-21-17(15)24)10-1-3-20-4-2-10;18-14-3-1-12(2-4-14)16(22)21-15-9-13(10-20-17(15)23)11-5-7-19-8-6-11/h1-9H,(H,24,27)(H,25,26);1-9,11H,(H,21,24)(H,22,23);2-11H,1H3,(H,20,23)(H,21,22);1-9H,(H,21,24)(H,22,23);1-10H,(H,20,23)(H,21,22). The molecule has 0 aliphatic heterocycles. The minimum Gasteiger partial charge on any atom is -0.327 e. The summed E-state index contributed by atoms with van der Waals surface area (Å²) >= 11 is 0. The summed E-state index contributed by atoms with van der Waals surface area (Å²) in [6.45, 7) is 0. The first kappa shape index (κ1) is 87.7. The summed E-state index contributed by atoms with van der Waals surface area (Å²) < 4.78 is 115. The van der Waals surface area contributed by atoms with Gasteiger partial charge in [0, 0.05) is 155 Å². The van der Waals surface area contributed by atoms with Crippen LogP contribution < -0.4 is 54.4 Å². The second kappa shape index (κ2) is 40.4. The van der Waals surface area contributed by atoms with Gasteiger partial charge in [-0.3, -0.25) is 72.9 Å². The van der Waals surface area contributed by atoms with Gasteiger partial charge in [-0.2, -0.15) is 18.4 Å². The molecule has 620 valence electrons. The first-order valence-corrected chi connectivity index (χ1v) is 37.9. The van der Waals surface area contributed by atoms with Gasteiger partial charge < -0.3 is 51.5 Å². The number of amides is 5. The van der Waals surface area contributed by atoms with Gasteiger partial charge in [0.05, 0.1) is 27.7 Å². The highest BCUT2D eigenvalue weighted by molar-refractivity contribution is 7.90. The number of rotatable bonds is 16. The number of pyridine rings is 10. The first-order chi connectivity index (χ1) is 59.4. The Morgan fingerprint density at radius 1 is 0.331 bits per heavy atom. The molecular weight excluding hydrogens is 1640 g/mol. The second-order valence-electron chi connectivity index (χ2n) is 25.9. The molecule has 0 radical (unpaired) electrons. The van der Waals surface area contributed by atoms with Crippen LogP contribution in [0.1, 0.15) is 62.9 Å². The Kier molecular flexibility index (Phi) is 28.6. The average molecular weight is 1700 g/mol. The number of halogens is 7. The van der Waals surface area contributed by atoms with E-state index in [1.807, 2.05) is 6.07 Å². The lowest BCUT2D eigenvalue weighted by atomic mass is 10.1. The van der Waals surface area contributed by atoms with Crippen LogP contribution in [0.3, 0.4) is 0 Å². The van der Waals surface area contributed by atoms with Gasteiger partial charge in [0.1, 0.15) is 51.7 Å². The zero-order valence-corrected chi connectivity index (χ0v) is 64.7. The van der Waals surface area contributed by atoms with E-state index in [4.69, 9.17) is 5.26 Å². The third-order valence-electron chi connectivity index (χ3n) is 17.4. The molecule has 5 amide bonds. The van der Waals surface area contributed by atoms with E-state index in [9.17, 15) is 87.1 Å². The molecule has 0 saturated carbocycles. The van der Waals surface area contributed by atoms with Crippen molar-refractivity contribution < 1.29 is 63.1 Å². The third kappa shape index (κ3) is 24.1. The Balaban J connectivity index is 0.000000151. The van der Waals surface area contributed by atoms with Gasteiger partial charge >= 0.3 is 6.18 Å². The van der Waals surface area contributed by atoms with Crippen LogP contribution in [0.15, 0.2) is 322 Å². The van der Waals surface area contributed by atoms with Gasteiger partial charge in [-0.05, 0) is 216 Å². The van der Waals surface area contributed by atoms with E-state index in [-0.39, 0.29) is 56.1 Å². The molecule has 5 aromatic carbocycles. The lowest BCUT2D eigenvalue weighted by Gasteiger charge is -2.13. The van der Waals surface area contributed by atoms with Gasteiger partial charge in [0.15, 0.2) is 9.84 Å². The topological polar surface area (TPSA) is 432 Å². The van der Waals surface area contributed by atoms with E-state index >= 15 is 0 Å². The molecule has 0 spiro atoms. The van der Waals surface area contributed by atoms with Crippen molar-refractivity contribution in [2.24, 2.45) is 0 Å². The third-order valence-corrected chi connectivity index (χ3v) is 18.5. The summed E-state index contributed by atoms with van der Waals surface area (Å²) in [5, 5.41) is 21.1. The number of hydrogen-bond acceptors (Lipinski definition) is 18. The maximum Gasteiger partial charge on any atom is 0.417 e. The fraction of sp³-hybridized carbons (Fsp3) is 0.0227. The van der Waals surface area contributed by atoms with Gasteiger partial charge in [-0.1, -0.05) is 6.07 Å². The number of alkyl halides is 3. The Hall–Kier alpha value is -17.1. The number of sulfone groups is 1. The lowest BCUT2D eigenvalue weighted by molar-refractivity contribution is -0.138. The van der Waals surface area contributed by atoms with Crippen molar-refractivity contribution in [2.45, 2.75) is 11.1 Å². The Bertz CT molecular complexity index is 6900. The number of nitrogens with zero attached hydrogens (tertiary/aromatic N) is 6. The molecule has 124 heavy (non-hydrogen) atoms. The molecule has 15 aromatic rings. The number of aromatic amines is 5. The average Bonchev–Trinajstić information content (AvgIpc) is 0.804. The van der Waals surface area contributed by atoms with E-state index in [2.05, 4.69) is 76.4 Å². The molecule has 10 heterocycles. The maximum absolute atomic E-state index is 13.2. The van der Waals surface area contributed by atoms with Crippen LogP contribution in [-0.2, 0) is 16.0 Å². The Morgan fingerprint density at radius 3 is 0.944 bits per heavy atom. The minimum atomic E-state index is -4.93. The number of H-pyrrole nitrogens is 5. The van der Waals surface area contributed by atoms with Gasteiger partial charge in [-0.15, -0.1) is 0 Å². The SMILES string of the molecule is CS(=O)(=O)c1ccc(C(=O)Nc2cc(-c3ccncc3)c[nH]c2=O)cc1.N#Cc1cccc(C(=O)Nc2cc(-c3ccncc3)c[nH]c2=O)c1.O=C(Nc1cc(-c2ccncc2)c[nH]c1=O)c1cc(F)cc(F)c1.O=C(Nc1cc(-c2ccncc2)c[nH]c1=O)c1ccc(F)cc1.O=C(Nc1cc(-c2ccncc2)c[nH]c1=O)c1ccc(F)cc1C(F)(F)F. The molecule has 0 unspecified atom stereocenters. The molecule has 0 aliphatic rings. The molecule has 0 fully saturated rings. The summed E-state index contributed by atoms with van der Waals surface area (Å²) in [5.74, 6) is -6.73. The van der Waals surface area contributed by atoms with E-state index in [1.165, 1.54) is 91.5 Å². The minimum absolute atomic E-state index is 0.0287. The van der Waals surface area contributed by atoms with Crippen LogP contribution in [-0.4, -0.2) is 94.0 Å². The number of benzene rings is 5. The maximum atomic E-state index is 13.2. The van der Waals surface area contributed by atoms with Crippen molar-refractivity contribution in [2.75, 3.05) is 32.8 Å². The van der Waals surface area contributed by atoms with Crippen LogP contribution in [0.25, 0.3) is 55.6 Å². The molecule has 0 bridgehead atoms. The molecule has 0 aliphatic carbocycles. The number of carbonyl (C=O) groups excluding carboxylic acids is 5. The summed E-state index contributed by atoms with van der Waals surface area (Å²) in [4.78, 5) is 153. The van der Waals surface area contributed by atoms with E-state index in [0.29, 0.717) is 39.9 Å². The van der Waals surface area contributed by atoms with Gasteiger partial charge in [0.2, 0.25) is 0 Å². The summed E-state index contributed by atoms with van der Waals surface area (Å²) in [6.07, 6.45) is 19.8. The van der Waals surface area contributed by atoms with Crippen molar-refractivity contribution in [1.82, 2.24) is 49.8 Å². The molecule has 28 nitrogen and oxygen atoms in total. The normalized spacial score (nSPS) is 10.6. The van der Waals surface area contributed by atoms with Crippen molar-refractivity contribution in [3.63, 3.8) is 0 Å². The second-order valence-corrected chi connectivity index (χ2v) is 28.0. The predicted molar refractivity (Wildman–Crippen MR) is 446 cm³/mol. The lowest BCUT2D eigenvalue weighted by Crippen LogP contribution is -2.23. The number of nitriles is 1. The van der Waals surface area contributed by atoms with E-state index in [0.717, 1.165) is 63.4 Å². The summed E-state index contributed by atoms with van der Waals surface area (Å²) in [7, 11) is -3.34. The van der Waals surface area contributed by atoms with E-state index < -0.39 is 108 Å². The zero-order valence-electron chi connectivity index (χ0n) is 63.8. The highest BCUT2D eigenvalue weighted by atomic mass is 32.2. The summed E-state index contributed by atoms with van der Waals surface area (Å²) in [5.41, 5.74) is 3.72. The summed E-state index contributed by atoms with van der Waals surface area (Å²) in [6, 6.07) is 48.0. The Morgan fingerprint density at radius 2 is 0.629 bits per heavy atom. The fourth-order valence-electron chi connectivity index (χ4n) is 11.2. The number of nitrogens with one attached hydrogen (secondary N) is 10. The highest BCUT2D eigenvalue weighted by Gasteiger charge is 2.36. The zero-order chi connectivity index (χ0) is 88.6. The molecule has 36 heteroatoms.